The molecule has 0 unspecified atom stereocenters. The number of non-ortho nitro benzene ring substituents is 1. The highest BCUT2D eigenvalue weighted by Gasteiger charge is 2.37. The number of hydrogen-bond donors (Lipinski definition) is 0. The van der Waals surface area contributed by atoms with Crippen molar-refractivity contribution in [2.24, 2.45) is 0 Å². The Bertz CT molecular complexity index is 995. The maximum atomic E-state index is 12.6. The third-order valence-electron chi connectivity index (χ3n) is 3.85. The molecule has 9 heteroatoms. The van der Waals surface area contributed by atoms with E-state index in [2.05, 4.69) is 0 Å². The molecule has 2 amide bonds. The van der Waals surface area contributed by atoms with Crippen LogP contribution in [0.3, 0.4) is 0 Å². The lowest BCUT2D eigenvalue weighted by Gasteiger charge is -2.13. The number of anilines is 1. The van der Waals surface area contributed by atoms with Gasteiger partial charge in [-0.05, 0) is 37.3 Å². The number of hydrogen-bond acceptors (Lipinski definition) is 7. The minimum atomic E-state index is -0.790. The Morgan fingerprint density at radius 3 is 2.26 bits per heavy atom. The summed E-state index contributed by atoms with van der Waals surface area (Å²) in [6, 6.07) is 8.83. The minimum Gasteiger partial charge on any atom is -0.454 e. The maximum Gasteiger partial charge on any atom is 0.338 e. The van der Waals surface area contributed by atoms with Gasteiger partial charge in [0.15, 0.2) is 5.78 Å². The van der Waals surface area contributed by atoms with E-state index in [0.717, 1.165) is 4.90 Å². The van der Waals surface area contributed by atoms with E-state index in [9.17, 15) is 29.3 Å². The van der Waals surface area contributed by atoms with Crippen molar-refractivity contribution < 1.29 is 28.8 Å². The Hall–Kier alpha value is -3.88. The second-order valence-corrected chi connectivity index (χ2v) is 5.76. The van der Waals surface area contributed by atoms with Crippen LogP contribution >= 0.6 is 0 Å². The first-order chi connectivity index (χ1) is 12.8. The van der Waals surface area contributed by atoms with Crippen molar-refractivity contribution in [2.45, 2.75) is 6.92 Å². The van der Waals surface area contributed by atoms with Crippen LogP contribution in [0.5, 0.6) is 0 Å². The van der Waals surface area contributed by atoms with E-state index in [1.807, 2.05) is 0 Å². The van der Waals surface area contributed by atoms with Crippen LogP contribution in [0, 0.1) is 10.1 Å². The number of ether oxygens (including phenoxy) is 1. The molecule has 2 aromatic rings. The first-order valence-electron chi connectivity index (χ1n) is 7.73. The average molecular weight is 368 g/mol. The second-order valence-electron chi connectivity index (χ2n) is 5.76. The molecule has 1 heterocycles. The zero-order valence-corrected chi connectivity index (χ0v) is 14.0. The first-order valence-corrected chi connectivity index (χ1v) is 7.73. The number of esters is 1. The molecule has 1 aliphatic heterocycles. The van der Waals surface area contributed by atoms with Gasteiger partial charge in [-0.1, -0.05) is 0 Å². The number of nitro benzene ring substituents is 1. The molecule has 2 aromatic carbocycles. The van der Waals surface area contributed by atoms with E-state index in [0.29, 0.717) is 0 Å². The van der Waals surface area contributed by atoms with E-state index in [1.54, 1.807) is 0 Å². The molecule has 27 heavy (non-hydrogen) atoms. The van der Waals surface area contributed by atoms with Gasteiger partial charge in [-0.25, -0.2) is 9.69 Å². The Morgan fingerprint density at radius 2 is 1.67 bits per heavy atom. The second kappa shape index (κ2) is 6.79. The number of carbonyl (C=O) groups is 4. The summed E-state index contributed by atoms with van der Waals surface area (Å²) < 4.78 is 4.80. The number of amides is 2. The lowest BCUT2D eigenvalue weighted by molar-refractivity contribution is -0.384. The molecule has 0 saturated heterocycles. The van der Waals surface area contributed by atoms with Crippen molar-refractivity contribution in [3.63, 3.8) is 0 Å². The fourth-order valence-corrected chi connectivity index (χ4v) is 2.58. The molecule has 0 atom stereocenters. The molecule has 0 radical (unpaired) electrons. The standard InChI is InChI=1S/C18H12N2O7/c1-10(21)9-27-18(24)11-2-7-14-15(8-11)17(23)19(16(14)22)12-3-5-13(6-4-12)20(25)26/h2-8H,9H2,1H3. The van der Waals surface area contributed by atoms with Crippen LogP contribution < -0.4 is 4.90 Å². The van der Waals surface area contributed by atoms with Crippen LogP contribution in [0.15, 0.2) is 42.5 Å². The number of fused-ring (bicyclic) bond motifs is 1. The molecular formula is C18H12N2O7. The summed E-state index contributed by atoms with van der Waals surface area (Å²) in [6.07, 6.45) is 0. The molecule has 136 valence electrons. The van der Waals surface area contributed by atoms with E-state index in [-0.39, 0.29) is 33.8 Å². The summed E-state index contributed by atoms with van der Waals surface area (Å²) >= 11 is 0. The quantitative estimate of drug-likeness (QED) is 0.343. The molecule has 0 N–H and O–H groups in total. The van der Waals surface area contributed by atoms with Gasteiger partial charge in [0.2, 0.25) is 0 Å². The fourth-order valence-electron chi connectivity index (χ4n) is 2.58. The highest BCUT2D eigenvalue weighted by Crippen LogP contribution is 2.30. The molecule has 0 bridgehead atoms. The summed E-state index contributed by atoms with van der Waals surface area (Å²) in [5.74, 6) is -2.39. The number of carbonyl (C=O) groups excluding carboxylic acids is 4. The van der Waals surface area contributed by atoms with Crippen molar-refractivity contribution in [3.8, 4) is 0 Å². The third-order valence-corrected chi connectivity index (χ3v) is 3.85. The number of nitrogens with zero attached hydrogens (tertiary/aromatic N) is 2. The normalized spacial score (nSPS) is 12.7. The number of benzene rings is 2. The molecule has 9 nitrogen and oxygen atoms in total. The van der Waals surface area contributed by atoms with Crippen molar-refractivity contribution in [1.29, 1.82) is 0 Å². The zero-order valence-electron chi connectivity index (χ0n) is 14.0. The number of rotatable bonds is 5. The largest absolute Gasteiger partial charge is 0.454 e. The monoisotopic (exact) mass is 368 g/mol. The van der Waals surface area contributed by atoms with Gasteiger partial charge in [0.25, 0.3) is 17.5 Å². The van der Waals surface area contributed by atoms with Crippen LogP contribution in [0.25, 0.3) is 0 Å². The first kappa shape index (κ1) is 17.9. The van der Waals surface area contributed by atoms with Crippen LogP contribution in [0.2, 0.25) is 0 Å². The molecule has 3 rings (SSSR count). The van der Waals surface area contributed by atoms with Crippen molar-refractivity contribution in [2.75, 3.05) is 11.5 Å². The number of nitro groups is 1. The van der Waals surface area contributed by atoms with Gasteiger partial charge in [0.05, 0.1) is 27.3 Å². The van der Waals surface area contributed by atoms with Gasteiger partial charge in [-0.15, -0.1) is 0 Å². The van der Waals surface area contributed by atoms with E-state index < -0.39 is 29.3 Å². The summed E-state index contributed by atoms with van der Waals surface area (Å²) in [6.45, 7) is 0.873. The Labute approximate surface area is 152 Å². The predicted octanol–water partition coefficient (Wildman–Crippen LogP) is 2.14. The minimum absolute atomic E-state index is 0.00984. The highest BCUT2D eigenvalue weighted by molar-refractivity contribution is 6.34. The summed E-state index contributed by atoms with van der Waals surface area (Å²) in [4.78, 5) is 59.0. The third kappa shape index (κ3) is 3.30. The topological polar surface area (TPSA) is 124 Å². The van der Waals surface area contributed by atoms with Gasteiger partial charge in [0.1, 0.15) is 6.61 Å². The number of imide groups is 1. The van der Waals surface area contributed by atoms with Gasteiger partial charge in [-0.3, -0.25) is 24.5 Å². The Kier molecular flexibility index (Phi) is 4.51. The van der Waals surface area contributed by atoms with Crippen molar-refractivity contribution in [3.05, 3.63) is 69.3 Å². The lowest BCUT2D eigenvalue weighted by Crippen LogP contribution is -2.29. The fraction of sp³-hybridized carbons (Fsp3) is 0.111. The zero-order chi connectivity index (χ0) is 19.7. The molecule has 0 aliphatic carbocycles. The molecule has 1 aliphatic rings. The molecular weight excluding hydrogens is 356 g/mol. The number of ketones is 1. The van der Waals surface area contributed by atoms with E-state index >= 15 is 0 Å². The highest BCUT2D eigenvalue weighted by atomic mass is 16.6. The van der Waals surface area contributed by atoms with Gasteiger partial charge >= 0.3 is 5.97 Å². The number of Topliss-reactive ketones (excluding diaryl/α,β-unsaturated/α-hetero) is 1. The van der Waals surface area contributed by atoms with E-state index in [1.165, 1.54) is 49.4 Å². The van der Waals surface area contributed by atoms with Crippen LogP contribution in [-0.2, 0) is 9.53 Å². The molecule has 0 aromatic heterocycles. The molecule has 0 spiro atoms. The summed E-state index contributed by atoms with van der Waals surface area (Å²) in [5, 5.41) is 10.7. The summed E-state index contributed by atoms with van der Waals surface area (Å²) in [7, 11) is 0. The van der Waals surface area contributed by atoms with Crippen molar-refractivity contribution >= 4 is 34.9 Å². The smallest absolute Gasteiger partial charge is 0.338 e. The van der Waals surface area contributed by atoms with Gasteiger partial charge < -0.3 is 4.74 Å². The van der Waals surface area contributed by atoms with Crippen LogP contribution in [0.4, 0.5) is 11.4 Å². The van der Waals surface area contributed by atoms with Crippen molar-refractivity contribution in [1.82, 2.24) is 0 Å². The molecule has 0 fully saturated rings. The molecule has 0 saturated carbocycles. The van der Waals surface area contributed by atoms with Crippen LogP contribution in [-0.4, -0.2) is 35.1 Å². The predicted molar refractivity (Wildman–Crippen MR) is 91.6 cm³/mol. The van der Waals surface area contributed by atoms with Crippen LogP contribution in [0.1, 0.15) is 38.0 Å². The lowest BCUT2D eigenvalue weighted by atomic mass is 10.1. The average Bonchev–Trinajstić information content (AvgIpc) is 2.90. The Morgan fingerprint density at radius 1 is 1.04 bits per heavy atom. The van der Waals surface area contributed by atoms with Gasteiger partial charge in [-0.2, -0.15) is 0 Å². The van der Waals surface area contributed by atoms with Gasteiger partial charge in [0, 0.05) is 12.1 Å². The maximum absolute atomic E-state index is 12.6. The van der Waals surface area contributed by atoms with E-state index in [4.69, 9.17) is 4.74 Å². The summed E-state index contributed by atoms with van der Waals surface area (Å²) in [5.41, 5.74) is 0.136. The SMILES string of the molecule is CC(=O)COC(=O)c1ccc2c(c1)C(=O)N(c1ccc([N+](=O)[O-])cc1)C2=O. The Balaban J connectivity index is 1.90.